The summed E-state index contributed by atoms with van der Waals surface area (Å²) in [4.78, 5) is 0. The average Bonchev–Trinajstić information content (AvgIpc) is 2.57. The molecule has 1 heterocycles. The molecule has 0 fully saturated rings. The summed E-state index contributed by atoms with van der Waals surface area (Å²) >= 11 is 0. The Morgan fingerprint density at radius 2 is 1.82 bits per heavy atom. The smallest absolute Gasteiger partial charge is 0.0641 e. The molecule has 0 bridgehead atoms. The molecule has 0 saturated carbocycles. The molecule has 0 unspecified atom stereocenters. The van der Waals surface area contributed by atoms with Gasteiger partial charge in [0.25, 0.3) is 0 Å². The van der Waals surface area contributed by atoms with Crippen LogP contribution in [-0.2, 0) is 13.1 Å². The van der Waals surface area contributed by atoms with Crippen molar-refractivity contribution >= 4 is 0 Å². The summed E-state index contributed by atoms with van der Waals surface area (Å²) in [5, 5.41) is 7.83. The maximum absolute atomic E-state index is 4.62. The second-order valence-electron chi connectivity index (χ2n) is 4.82. The fourth-order valence-electron chi connectivity index (χ4n) is 2.25. The summed E-state index contributed by atoms with van der Waals surface area (Å²) in [6, 6.07) is 0. The van der Waals surface area contributed by atoms with E-state index in [1.165, 1.54) is 49.1 Å². The molecule has 1 rings (SSSR count). The van der Waals surface area contributed by atoms with Gasteiger partial charge in [-0.15, -0.1) is 0 Å². The van der Waals surface area contributed by atoms with Gasteiger partial charge in [0.1, 0.15) is 0 Å². The van der Waals surface area contributed by atoms with E-state index in [2.05, 4.69) is 35.9 Å². The Morgan fingerprint density at radius 3 is 2.47 bits per heavy atom. The largest absolute Gasteiger partial charge is 0.316 e. The predicted molar refractivity (Wildman–Crippen MR) is 73.2 cm³/mol. The minimum atomic E-state index is 0.924. The topological polar surface area (TPSA) is 29.9 Å². The third-order valence-corrected chi connectivity index (χ3v) is 3.36. The first-order valence-corrected chi connectivity index (χ1v) is 6.88. The lowest BCUT2D eigenvalue weighted by Crippen LogP contribution is -2.08. The minimum absolute atomic E-state index is 0.924. The normalized spacial score (nSPS) is 11.1. The van der Waals surface area contributed by atoms with Gasteiger partial charge in [-0.3, -0.25) is 4.68 Å². The van der Waals surface area contributed by atoms with Crippen molar-refractivity contribution in [1.29, 1.82) is 0 Å². The molecule has 17 heavy (non-hydrogen) atoms. The maximum atomic E-state index is 4.62. The molecule has 0 saturated heterocycles. The second kappa shape index (κ2) is 7.49. The quantitative estimate of drug-likeness (QED) is 0.704. The lowest BCUT2D eigenvalue weighted by Gasteiger charge is -2.05. The number of rotatable bonds is 8. The lowest BCUT2D eigenvalue weighted by atomic mass is 10.1. The van der Waals surface area contributed by atoms with Gasteiger partial charge in [0.05, 0.1) is 5.69 Å². The number of hydrogen-bond donors (Lipinski definition) is 1. The van der Waals surface area contributed by atoms with E-state index in [1.807, 2.05) is 7.05 Å². The van der Waals surface area contributed by atoms with Gasteiger partial charge in [-0.1, -0.05) is 32.6 Å². The van der Waals surface area contributed by atoms with Crippen LogP contribution in [-0.4, -0.2) is 16.8 Å². The number of unbranched alkanes of at least 4 members (excludes halogenated alkanes) is 4. The number of nitrogens with one attached hydrogen (secondary N) is 1. The van der Waals surface area contributed by atoms with E-state index in [1.54, 1.807) is 0 Å². The molecule has 0 aromatic carbocycles. The zero-order chi connectivity index (χ0) is 12.7. The van der Waals surface area contributed by atoms with E-state index in [-0.39, 0.29) is 0 Å². The van der Waals surface area contributed by atoms with Crippen LogP contribution in [0.15, 0.2) is 0 Å². The Hall–Kier alpha value is -0.830. The Balaban J connectivity index is 2.45. The predicted octanol–water partition coefficient (Wildman–Crippen LogP) is 3.19. The van der Waals surface area contributed by atoms with E-state index in [9.17, 15) is 0 Å². The van der Waals surface area contributed by atoms with Crippen LogP contribution in [0.2, 0.25) is 0 Å². The highest BCUT2D eigenvalue weighted by atomic mass is 15.3. The van der Waals surface area contributed by atoms with Crippen molar-refractivity contribution in [2.75, 3.05) is 7.05 Å². The molecule has 1 aromatic heterocycles. The van der Waals surface area contributed by atoms with Gasteiger partial charge < -0.3 is 5.32 Å². The summed E-state index contributed by atoms with van der Waals surface area (Å²) in [5.41, 5.74) is 3.86. The van der Waals surface area contributed by atoms with Crippen LogP contribution in [0.3, 0.4) is 0 Å². The summed E-state index contributed by atoms with van der Waals surface area (Å²) in [6.45, 7) is 8.53. The molecule has 0 aliphatic heterocycles. The van der Waals surface area contributed by atoms with Crippen molar-refractivity contribution in [2.45, 2.75) is 66.0 Å². The Labute approximate surface area is 106 Å². The Morgan fingerprint density at radius 1 is 1.12 bits per heavy atom. The second-order valence-corrected chi connectivity index (χ2v) is 4.82. The summed E-state index contributed by atoms with van der Waals surface area (Å²) < 4.78 is 2.17. The Kier molecular flexibility index (Phi) is 6.27. The van der Waals surface area contributed by atoms with Gasteiger partial charge >= 0.3 is 0 Å². The van der Waals surface area contributed by atoms with Crippen molar-refractivity contribution in [3.63, 3.8) is 0 Å². The van der Waals surface area contributed by atoms with E-state index in [0.717, 1.165) is 13.1 Å². The van der Waals surface area contributed by atoms with Gasteiger partial charge in [0, 0.05) is 24.3 Å². The zero-order valence-electron chi connectivity index (χ0n) is 11.8. The number of hydrogen-bond acceptors (Lipinski definition) is 2. The first-order chi connectivity index (χ1) is 8.20. The SMILES string of the molecule is CCCCCCCn1nc(C)c(CNC)c1C. The molecule has 0 aliphatic carbocycles. The third kappa shape index (κ3) is 4.15. The molecule has 0 atom stereocenters. The standard InChI is InChI=1S/C14H27N3/c1-5-6-7-8-9-10-17-13(3)14(11-15-4)12(2)16-17/h15H,5-11H2,1-4H3. The minimum Gasteiger partial charge on any atom is -0.316 e. The average molecular weight is 237 g/mol. The molecule has 3 heteroatoms. The molecular weight excluding hydrogens is 210 g/mol. The van der Waals surface area contributed by atoms with Crippen molar-refractivity contribution in [3.05, 3.63) is 17.0 Å². The number of aryl methyl sites for hydroxylation is 2. The molecule has 98 valence electrons. The van der Waals surface area contributed by atoms with Gasteiger partial charge in [0.15, 0.2) is 0 Å². The maximum Gasteiger partial charge on any atom is 0.0641 e. The summed E-state index contributed by atoms with van der Waals surface area (Å²) in [6.07, 6.45) is 6.61. The highest BCUT2D eigenvalue weighted by Crippen LogP contribution is 2.14. The third-order valence-electron chi connectivity index (χ3n) is 3.36. The fourth-order valence-corrected chi connectivity index (χ4v) is 2.25. The van der Waals surface area contributed by atoms with Crippen molar-refractivity contribution in [1.82, 2.24) is 15.1 Å². The fraction of sp³-hybridized carbons (Fsp3) is 0.786. The monoisotopic (exact) mass is 237 g/mol. The van der Waals surface area contributed by atoms with Crippen LogP contribution in [0.4, 0.5) is 0 Å². The van der Waals surface area contributed by atoms with Gasteiger partial charge in [-0.05, 0) is 27.3 Å². The van der Waals surface area contributed by atoms with Crippen molar-refractivity contribution < 1.29 is 0 Å². The molecule has 0 spiro atoms. The molecule has 1 aromatic rings. The first-order valence-electron chi connectivity index (χ1n) is 6.88. The molecule has 0 amide bonds. The highest BCUT2D eigenvalue weighted by molar-refractivity contribution is 5.24. The van der Waals surface area contributed by atoms with E-state index >= 15 is 0 Å². The first kappa shape index (κ1) is 14.2. The van der Waals surface area contributed by atoms with E-state index in [4.69, 9.17) is 0 Å². The molecular formula is C14H27N3. The highest BCUT2D eigenvalue weighted by Gasteiger charge is 2.09. The van der Waals surface area contributed by atoms with Crippen LogP contribution in [0, 0.1) is 13.8 Å². The van der Waals surface area contributed by atoms with Crippen LogP contribution in [0.1, 0.15) is 56.0 Å². The van der Waals surface area contributed by atoms with Gasteiger partial charge in [-0.25, -0.2) is 0 Å². The van der Waals surface area contributed by atoms with Crippen LogP contribution in [0.5, 0.6) is 0 Å². The molecule has 0 radical (unpaired) electrons. The van der Waals surface area contributed by atoms with Gasteiger partial charge in [-0.2, -0.15) is 5.10 Å². The lowest BCUT2D eigenvalue weighted by molar-refractivity contribution is 0.522. The van der Waals surface area contributed by atoms with E-state index < -0.39 is 0 Å². The Bertz CT molecular complexity index is 328. The molecule has 3 nitrogen and oxygen atoms in total. The van der Waals surface area contributed by atoms with Gasteiger partial charge in [0.2, 0.25) is 0 Å². The number of aromatic nitrogens is 2. The summed E-state index contributed by atoms with van der Waals surface area (Å²) in [5.74, 6) is 0. The van der Waals surface area contributed by atoms with Crippen LogP contribution < -0.4 is 5.32 Å². The zero-order valence-corrected chi connectivity index (χ0v) is 11.8. The molecule has 1 N–H and O–H groups in total. The van der Waals surface area contributed by atoms with E-state index in [0.29, 0.717) is 0 Å². The summed E-state index contributed by atoms with van der Waals surface area (Å²) in [7, 11) is 1.99. The number of nitrogens with zero attached hydrogens (tertiary/aromatic N) is 2. The van der Waals surface area contributed by atoms with Crippen molar-refractivity contribution in [3.8, 4) is 0 Å². The molecule has 0 aliphatic rings. The van der Waals surface area contributed by atoms with Crippen molar-refractivity contribution in [2.24, 2.45) is 0 Å². The van der Waals surface area contributed by atoms with Crippen LogP contribution in [0.25, 0.3) is 0 Å². The van der Waals surface area contributed by atoms with Crippen LogP contribution >= 0.6 is 0 Å².